The number of ether oxygens (including phenoxy) is 1. The van der Waals surface area contributed by atoms with Gasteiger partial charge >= 0.3 is 5.97 Å². The SMILES string of the molecule is O=C(O)c1cccc(CNCC2CN3CCCC3CO2)n1. The van der Waals surface area contributed by atoms with Crippen molar-refractivity contribution >= 4 is 5.97 Å². The standard InChI is InChI=1S/C15H21N3O3/c19-15(20)14-5-1-3-11(17-14)7-16-8-13-9-18-6-2-4-12(18)10-21-13/h1,3,5,12-13,16H,2,4,6-10H2,(H,19,20). The molecule has 1 aromatic heterocycles. The molecule has 0 aromatic carbocycles. The third-order valence-corrected chi connectivity index (χ3v) is 4.17. The first-order valence-electron chi connectivity index (χ1n) is 7.48. The van der Waals surface area contributed by atoms with Gasteiger partial charge in [-0.05, 0) is 31.5 Å². The Balaban J connectivity index is 1.45. The van der Waals surface area contributed by atoms with Crippen molar-refractivity contribution in [2.24, 2.45) is 0 Å². The number of pyridine rings is 1. The maximum Gasteiger partial charge on any atom is 0.354 e. The third-order valence-electron chi connectivity index (χ3n) is 4.17. The predicted molar refractivity (Wildman–Crippen MR) is 77.2 cm³/mol. The first kappa shape index (κ1) is 14.4. The molecule has 114 valence electrons. The molecule has 2 fully saturated rings. The van der Waals surface area contributed by atoms with Gasteiger partial charge in [-0.2, -0.15) is 0 Å². The van der Waals surface area contributed by atoms with E-state index in [4.69, 9.17) is 9.84 Å². The van der Waals surface area contributed by atoms with Crippen LogP contribution in [0, 0.1) is 0 Å². The van der Waals surface area contributed by atoms with Gasteiger partial charge in [0.1, 0.15) is 5.69 Å². The minimum atomic E-state index is -0.993. The van der Waals surface area contributed by atoms with E-state index in [9.17, 15) is 4.79 Å². The topological polar surface area (TPSA) is 74.7 Å². The molecule has 21 heavy (non-hydrogen) atoms. The number of rotatable bonds is 5. The molecule has 3 heterocycles. The molecule has 0 radical (unpaired) electrons. The van der Waals surface area contributed by atoms with Gasteiger partial charge in [-0.15, -0.1) is 0 Å². The van der Waals surface area contributed by atoms with Crippen LogP contribution in [-0.4, -0.2) is 59.3 Å². The van der Waals surface area contributed by atoms with E-state index >= 15 is 0 Å². The van der Waals surface area contributed by atoms with Gasteiger partial charge in [0.05, 0.1) is 18.4 Å². The predicted octanol–water partition coefficient (Wildman–Crippen LogP) is 0.733. The van der Waals surface area contributed by atoms with Gasteiger partial charge in [0.15, 0.2) is 0 Å². The maximum absolute atomic E-state index is 10.9. The van der Waals surface area contributed by atoms with Gasteiger partial charge in [-0.3, -0.25) is 4.90 Å². The lowest BCUT2D eigenvalue weighted by Crippen LogP contribution is -2.49. The molecule has 2 saturated heterocycles. The van der Waals surface area contributed by atoms with Crippen LogP contribution in [0.25, 0.3) is 0 Å². The van der Waals surface area contributed by atoms with Crippen LogP contribution in [0.2, 0.25) is 0 Å². The molecule has 3 rings (SSSR count). The monoisotopic (exact) mass is 291 g/mol. The lowest BCUT2D eigenvalue weighted by atomic mass is 10.2. The van der Waals surface area contributed by atoms with Gasteiger partial charge in [0, 0.05) is 25.7 Å². The minimum absolute atomic E-state index is 0.0862. The highest BCUT2D eigenvalue weighted by Crippen LogP contribution is 2.22. The van der Waals surface area contributed by atoms with Crippen LogP contribution in [0.5, 0.6) is 0 Å². The van der Waals surface area contributed by atoms with Crippen LogP contribution in [0.3, 0.4) is 0 Å². The van der Waals surface area contributed by atoms with E-state index in [0.717, 1.165) is 25.4 Å². The van der Waals surface area contributed by atoms with Crippen molar-refractivity contribution in [2.45, 2.75) is 31.5 Å². The van der Waals surface area contributed by atoms with Crippen molar-refractivity contribution < 1.29 is 14.6 Å². The molecular weight excluding hydrogens is 270 g/mol. The number of nitrogens with zero attached hydrogens (tertiary/aromatic N) is 2. The maximum atomic E-state index is 10.9. The summed E-state index contributed by atoms with van der Waals surface area (Å²) in [5, 5.41) is 12.2. The second-order valence-corrected chi connectivity index (χ2v) is 5.70. The van der Waals surface area contributed by atoms with E-state index in [2.05, 4.69) is 15.2 Å². The summed E-state index contributed by atoms with van der Waals surface area (Å²) in [5.74, 6) is -0.993. The lowest BCUT2D eigenvalue weighted by Gasteiger charge is -2.35. The molecule has 0 amide bonds. The molecule has 2 unspecified atom stereocenters. The summed E-state index contributed by atoms with van der Waals surface area (Å²) in [6, 6.07) is 5.68. The highest BCUT2D eigenvalue weighted by atomic mass is 16.5. The Morgan fingerprint density at radius 1 is 1.52 bits per heavy atom. The molecule has 2 N–H and O–H groups in total. The fraction of sp³-hybridized carbons (Fsp3) is 0.600. The first-order chi connectivity index (χ1) is 10.2. The van der Waals surface area contributed by atoms with Crippen LogP contribution in [0.15, 0.2) is 18.2 Å². The number of aromatic carboxylic acids is 1. The summed E-state index contributed by atoms with van der Waals surface area (Å²) in [6.45, 7) is 4.33. The van der Waals surface area contributed by atoms with Crippen LogP contribution in [-0.2, 0) is 11.3 Å². The molecule has 6 heteroatoms. The van der Waals surface area contributed by atoms with Gasteiger partial charge in [0.25, 0.3) is 0 Å². The first-order valence-corrected chi connectivity index (χ1v) is 7.48. The van der Waals surface area contributed by atoms with Crippen LogP contribution in [0.1, 0.15) is 29.0 Å². The molecule has 1 aromatic rings. The summed E-state index contributed by atoms with van der Waals surface area (Å²) in [7, 11) is 0. The van der Waals surface area contributed by atoms with Gasteiger partial charge in [0.2, 0.25) is 0 Å². The number of hydrogen-bond acceptors (Lipinski definition) is 5. The Kier molecular flexibility index (Phi) is 4.48. The second kappa shape index (κ2) is 6.51. The average Bonchev–Trinajstić information content (AvgIpc) is 2.95. The normalized spacial score (nSPS) is 25.7. The van der Waals surface area contributed by atoms with Crippen molar-refractivity contribution in [3.63, 3.8) is 0 Å². The fourth-order valence-corrected chi connectivity index (χ4v) is 3.07. The Labute approximate surface area is 124 Å². The quantitative estimate of drug-likeness (QED) is 0.833. The van der Waals surface area contributed by atoms with Gasteiger partial charge in [-0.25, -0.2) is 9.78 Å². The number of morpholine rings is 1. The average molecular weight is 291 g/mol. The molecule has 2 atom stereocenters. The summed E-state index contributed by atoms with van der Waals surface area (Å²) in [4.78, 5) is 17.5. The smallest absolute Gasteiger partial charge is 0.354 e. The molecule has 6 nitrogen and oxygen atoms in total. The second-order valence-electron chi connectivity index (χ2n) is 5.70. The van der Waals surface area contributed by atoms with Crippen LogP contribution >= 0.6 is 0 Å². The molecule has 2 aliphatic heterocycles. The zero-order valence-electron chi connectivity index (χ0n) is 12.0. The molecule has 0 aliphatic carbocycles. The zero-order valence-corrected chi connectivity index (χ0v) is 12.0. The molecule has 0 bridgehead atoms. The van der Waals surface area contributed by atoms with Crippen molar-refractivity contribution in [3.8, 4) is 0 Å². The number of aromatic nitrogens is 1. The van der Waals surface area contributed by atoms with Crippen molar-refractivity contribution in [3.05, 3.63) is 29.6 Å². The van der Waals surface area contributed by atoms with Crippen molar-refractivity contribution in [1.82, 2.24) is 15.2 Å². The molecule has 0 spiro atoms. The fourth-order valence-electron chi connectivity index (χ4n) is 3.07. The van der Waals surface area contributed by atoms with Crippen LogP contribution in [0.4, 0.5) is 0 Å². The number of carboxylic acid groups (broad SMARTS) is 1. The Hall–Kier alpha value is -1.50. The van der Waals surface area contributed by atoms with E-state index < -0.39 is 5.97 Å². The van der Waals surface area contributed by atoms with Crippen molar-refractivity contribution in [2.75, 3.05) is 26.2 Å². The van der Waals surface area contributed by atoms with E-state index in [0.29, 0.717) is 12.6 Å². The Morgan fingerprint density at radius 3 is 3.29 bits per heavy atom. The summed E-state index contributed by atoms with van der Waals surface area (Å²) in [6.07, 6.45) is 2.74. The number of hydrogen-bond donors (Lipinski definition) is 2. The third kappa shape index (κ3) is 3.58. The number of carbonyl (C=O) groups is 1. The summed E-state index contributed by atoms with van der Waals surface area (Å²) in [5.41, 5.74) is 0.827. The minimum Gasteiger partial charge on any atom is -0.477 e. The largest absolute Gasteiger partial charge is 0.477 e. The lowest BCUT2D eigenvalue weighted by molar-refractivity contribution is -0.0470. The molecule has 2 aliphatic rings. The number of fused-ring (bicyclic) bond motifs is 1. The van der Waals surface area contributed by atoms with E-state index in [1.54, 1.807) is 6.07 Å². The molecular formula is C15H21N3O3. The van der Waals surface area contributed by atoms with Crippen molar-refractivity contribution in [1.29, 1.82) is 0 Å². The Morgan fingerprint density at radius 2 is 2.43 bits per heavy atom. The summed E-state index contributed by atoms with van der Waals surface area (Å²) >= 11 is 0. The van der Waals surface area contributed by atoms with Gasteiger partial charge < -0.3 is 15.2 Å². The van der Waals surface area contributed by atoms with E-state index in [1.807, 2.05) is 6.07 Å². The number of carboxylic acids is 1. The highest BCUT2D eigenvalue weighted by Gasteiger charge is 2.31. The van der Waals surface area contributed by atoms with Crippen LogP contribution < -0.4 is 5.32 Å². The zero-order chi connectivity index (χ0) is 14.7. The Bertz CT molecular complexity index is 509. The van der Waals surface area contributed by atoms with E-state index in [1.165, 1.54) is 25.5 Å². The number of nitrogens with one attached hydrogen (secondary N) is 1. The van der Waals surface area contributed by atoms with Gasteiger partial charge in [-0.1, -0.05) is 6.07 Å². The highest BCUT2D eigenvalue weighted by molar-refractivity contribution is 5.85. The summed E-state index contributed by atoms with van der Waals surface area (Å²) < 4.78 is 5.87. The van der Waals surface area contributed by atoms with E-state index in [-0.39, 0.29) is 11.8 Å². The molecule has 0 saturated carbocycles.